The molecule has 0 atom stereocenters. The molecule has 130 valence electrons. The van der Waals surface area contributed by atoms with Crippen molar-refractivity contribution in [3.05, 3.63) is 46.2 Å². The van der Waals surface area contributed by atoms with Gasteiger partial charge in [-0.3, -0.25) is 0 Å². The third-order valence-electron chi connectivity index (χ3n) is 3.55. The molecule has 0 bridgehead atoms. The molecule has 2 heterocycles. The second-order valence-corrected chi connectivity index (χ2v) is 6.64. The van der Waals surface area contributed by atoms with Gasteiger partial charge in [-0.1, -0.05) is 6.92 Å². The Bertz CT molecular complexity index is 827. The predicted molar refractivity (Wildman–Crippen MR) is 95.9 cm³/mol. The summed E-state index contributed by atoms with van der Waals surface area (Å²) in [7, 11) is 0. The molecule has 0 unspecified atom stereocenters. The van der Waals surface area contributed by atoms with Crippen molar-refractivity contribution in [3.63, 3.8) is 0 Å². The van der Waals surface area contributed by atoms with E-state index in [0.717, 1.165) is 34.1 Å². The average Bonchev–Trinajstić information content (AvgIpc) is 3.24. The fraction of sp³-hybridized carbons (Fsp3) is 0.312. The Morgan fingerprint density at radius 1 is 1.28 bits per heavy atom. The maximum atomic E-state index is 12.1. The van der Waals surface area contributed by atoms with Gasteiger partial charge in [0.1, 0.15) is 6.33 Å². The minimum atomic E-state index is -0.250. The van der Waals surface area contributed by atoms with Crippen molar-refractivity contribution in [3.8, 4) is 5.69 Å². The largest absolute Gasteiger partial charge is 0.333 e. The second-order valence-electron chi connectivity index (χ2n) is 5.48. The highest BCUT2D eigenvalue weighted by molar-refractivity contribution is 7.11. The minimum Gasteiger partial charge on any atom is -0.333 e. The number of aromatic nitrogens is 5. The van der Waals surface area contributed by atoms with Gasteiger partial charge in [0.05, 0.1) is 22.9 Å². The maximum absolute atomic E-state index is 12.1. The Balaban J connectivity index is 1.54. The summed E-state index contributed by atoms with van der Waals surface area (Å²) in [4.78, 5) is 17.7. The van der Waals surface area contributed by atoms with Crippen LogP contribution in [0.2, 0.25) is 0 Å². The van der Waals surface area contributed by atoms with E-state index in [1.54, 1.807) is 28.2 Å². The van der Waals surface area contributed by atoms with Crippen LogP contribution in [0, 0.1) is 6.92 Å². The van der Waals surface area contributed by atoms with Gasteiger partial charge < -0.3 is 10.6 Å². The van der Waals surface area contributed by atoms with Crippen molar-refractivity contribution in [2.45, 2.75) is 33.2 Å². The number of urea groups is 1. The Hall–Kier alpha value is -2.81. The molecule has 0 spiro atoms. The third-order valence-corrected chi connectivity index (χ3v) is 4.77. The van der Waals surface area contributed by atoms with Crippen LogP contribution in [0.3, 0.4) is 0 Å². The van der Waals surface area contributed by atoms with E-state index in [2.05, 4.69) is 38.1 Å². The smallest absolute Gasteiger partial charge is 0.319 e. The number of carbonyl (C=O) groups excluding carboxylic acids is 1. The van der Waals surface area contributed by atoms with Crippen LogP contribution in [-0.2, 0) is 13.0 Å². The van der Waals surface area contributed by atoms with Gasteiger partial charge in [0.2, 0.25) is 0 Å². The Morgan fingerprint density at radius 3 is 2.76 bits per heavy atom. The highest BCUT2D eigenvalue weighted by Crippen LogP contribution is 2.19. The summed E-state index contributed by atoms with van der Waals surface area (Å²) in [6, 6.07) is 7.01. The van der Waals surface area contributed by atoms with Gasteiger partial charge in [0.15, 0.2) is 0 Å². The fourth-order valence-corrected chi connectivity index (χ4v) is 3.40. The number of nitrogens with zero attached hydrogens (tertiary/aromatic N) is 5. The number of thiazole rings is 1. The number of hydrogen-bond acceptors (Lipinski definition) is 6. The highest BCUT2D eigenvalue weighted by atomic mass is 32.1. The summed E-state index contributed by atoms with van der Waals surface area (Å²) in [5.74, 6) is 0. The van der Waals surface area contributed by atoms with E-state index in [1.807, 2.05) is 19.1 Å². The Morgan fingerprint density at radius 2 is 2.08 bits per heavy atom. The first-order valence-electron chi connectivity index (χ1n) is 7.99. The van der Waals surface area contributed by atoms with Crippen LogP contribution >= 0.6 is 11.3 Å². The molecule has 0 aliphatic carbocycles. The number of amides is 2. The molecule has 2 aromatic heterocycles. The number of nitrogens with one attached hydrogen (secondary N) is 2. The van der Waals surface area contributed by atoms with Gasteiger partial charge in [-0.05, 0) is 54.5 Å². The zero-order chi connectivity index (χ0) is 17.6. The van der Waals surface area contributed by atoms with Crippen LogP contribution in [0.25, 0.3) is 5.69 Å². The molecule has 2 N–H and O–H groups in total. The average molecular weight is 357 g/mol. The van der Waals surface area contributed by atoms with Crippen LogP contribution in [0.5, 0.6) is 0 Å². The monoisotopic (exact) mass is 357 g/mol. The molecule has 0 radical (unpaired) electrons. The molecule has 3 rings (SSSR count). The maximum Gasteiger partial charge on any atom is 0.319 e. The molecule has 0 saturated carbocycles. The van der Waals surface area contributed by atoms with Crippen molar-refractivity contribution in [2.75, 3.05) is 5.32 Å². The van der Waals surface area contributed by atoms with Gasteiger partial charge >= 0.3 is 6.03 Å². The number of carbonyl (C=O) groups is 1. The fourth-order valence-electron chi connectivity index (χ4n) is 2.29. The lowest BCUT2D eigenvalue weighted by Gasteiger charge is -2.07. The minimum absolute atomic E-state index is 0.250. The van der Waals surface area contributed by atoms with E-state index >= 15 is 0 Å². The normalized spacial score (nSPS) is 10.6. The Labute approximate surface area is 149 Å². The molecule has 3 aromatic rings. The summed E-state index contributed by atoms with van der Waals surface area (Å²) in [5.41, 5.74) is 2.50. The summed E-state index contributed by atoms with van der Waals surface area (Å²) >= 11 is 1.66. The van der Waals surface area contributed by atoms with Crippen molar-refractivity contribution in [1.29, 1.82) is 0 Å². The number of hydrogen-bond donors (Lipinski definition) is 2. The van der Waals surface area contributed by atoms with E-state index in [9.17, 15) is 4.79 Å². The lowest BCUT2D eigenvalue weighted by atomic mass is 10.3. The molecular weight excluding hydrogens is 338 g/mol. The third kappa shape index (κ3) is 4.38. The molecule has 2 amide bonds. The predicted octanol–water partition coefficient (Wildman–Crippen LogP) is 2.70. The van der Waals surface area contributed by atoms with E-state index in [1.165, 1.54) is 6.33 Å². The lowest BCUT2D eigenvalue weighted by Crippen LogP contribution is -2.28. The van der Waals surface area contributed by atoms with Crippen molar-refractivity contribution < 1.29 is 4.79 Å². The van der Waals surface area contributed by atoms with E-state index in [0.29, 0.717) is 12.2 Å². The van der Waals surface area contributed by atoms with Crippen LogP contribution in [0.15, 0.2) is 30.6 Å². The molecule has 0 saturated heterocycles. The quantitative estimate of drug-likeness (QED) is 0.707. The van der Waals surface area contributed by atoms with Crippen molar-refractivity contribution in [2.24, 2.45) is 0 Å². The second kappa shape index (κ2) is 7.84. The summed E-state index contributed by atoms with van der Waals surface area (Å²) < 4.78 is 1.55. The molecule has 25 heavy (non-hydrogen) atoms. The van der Waals surface area contributed by atoms with Crippen molar-refractivity contribution in [1.82, 2.24) is 30.5 Å². The molecule has 0 aliphatic heterocycles. The molecule has 0 fully saturated rings. The SMILES string of the molecule is CCCc1nc(C)c(CNC(=O)Nc2ccc(-n3cnnn3)cc2)s1. The summed E-state index contributed by atoms with van der Waals surface area (Å²) in [6.07, 6.45) is 3.56. The van der Waals surface area contributed by atoms with Gasteiger partial charge in [-0.25, -0.2) is 14.5 Å². The van der Waals surface area contributed by atoms with Crippen LogP contribution in [0.1, 0.15) is 28.9 Å². The van der Waals surface area contributed by atoms with E-state index < -0.39 is 0 Å². The Kier molecular flexibility index (Phi) is 5.34. The number of anilines is 1. The van der Waals surface area contributed by atoms with Gasteiger partial charge in [0.25, 0.3) is 0 Å². The zero-order valence-corrected chi connectivity index (χ0v) is 14.9. The van der Waals surface area contributed by atoms with E-state index in [-0.39, 0.29) is 6.03 Å². The molecule has 0 aliphatic rings. The first kappa shape index (κ1) is 17.0. The van der Waals surface area contributed by atoms with Crippen LogP contribution < -0.4 is 10.6 Å². The number of rotatable bonds is 6. The van der Waals surface area contributed by atoms with Crippen LogP contribution in [0.4, 0.5) is 10.5 Å². The van der Waals surface area contributed by atoms with Gasteiger partial charge in [-0.15, -0.1) is 16.4 Å². The highest BCUT2D eigenvalue weighted by Gasteiger charge is 2.09. The zero-order valence-electron chi connectivity index (χ0n) is 14.1. The summed E-state index contributed by atoms with van der Waals surface area (Å²) in [5, 5.41) is 17.8. The lowest BCUT2D eigenvalue weighted by molar-refractivity contribution is 0.252. The first-order valence-corrected chi connectivity index (χ1v) is 8.81. The molecule has 1 aromatic carbocycles. The molecular formula is C16H19N7OS. The molecule has 8 nitrogen and oxygen atoms in total. The molecule has 9 heteroatoms. The topological polar surface area (TPSA) is 97.6 Å². The van der Waals surface area contributed by atoms with E-state index in [4.69, 9.17) is 0 Å². The first-order chi connectivity index (χ1) is 12.2. The van der Waals surface area contributed by atoms with Gasteiger partial charge in [-0.2, -0.15) is 0 Å². The van der Waals surface area contributed by atoms with Crippen LogP contribution in [-0.4, -0.2) is 31.2 Å². The van der Waals surface area contributed by atoms with Gasteiger partial charge in [0, 0.05) is 10.6 Å². The van der Waals surface area contributed by atoms with Crippen molar-refractivity contribution >= 4 is 23.1 Å². The summed E-state index contributed by atoms with van der Waals surface area (Å²) in [6.45, 7) is 4.58. The standard InChI is InChI=1S/C16H19N7OS/c1-3-4-15-19-11(2)14(25-15)9-17-16(24)20-12-5-7-13(8-6-12)23-10-18-21-22-23/h5-8,10H,3-4,9H2,1-2H3,(H2,17,20,24). The number of benzene rings is 1. The number of aryl methyl sites for hydroxylation is 2. The number of tetrazole rings is 1.